The molecular formula is C36H62O4. The predicted molar refractivity (Wildman–Crippen MR) is 170 cm³/mol. The van der Waals surface area contributed by atoms with Crippen molar-refractivity contribution in [2.24, 2.45) is 0 Å². The lowest BCUT2D eigenvalue weighted by Gasteiger charge is -2.30. The van der Waals surface area contributed by atoms with Crippen LogP contribution in [0.4, 0.5) is 0 Å². The second kappa shape index (κ2) is 18.6. The summed E-state index contributed by atoms with van der Waals surface area (Å²) in [5.74, 6) is -1.59. The molecule has 1 unspecified atom stereocenters. The molecule has 40 heavy (non-hydrogen) atoms. The number of rotatable bonds is 20. The average molecular weight is 559 g/mol. The Balaban J connectivity index is 2.37. The van der Waals surface area contributed by atoms with E-state index in [9.17, 15) is 14.7 Å². The van der Waals surface area contributed by atoms with Crippen LogP contribution in [0.25, 0.3) is 0 Å². The Morgan fingerprint density at radius 1 is 0.675 bits per heavy atom. The number of carbonyl (C=O) groups excluding carboxylic acids is 1. The zero-order valence-electron chi connectivity index (χ0n) is 27.4. The molecule has 1 aromatic rings. The topological polar surface area (TPSA) is 63.6 Å². The maximum absolute atomic E-state index is 12.9. The van der Waals surface area contributed by atoms with Gasteiger partial charge < -0.3 is 9.84 Å². The molecule has 0 aliphatic carbocycles. The van der Waals surface area contributed by atoms with Crippen molar-refractivity contribution in [3.63, 3.8) is 0 Å². The molecule has 1 atom stereocenters. The van der Waals surface area contributed by atoms with E-state index in [0.29, 0.717) is 12.2 Å². The van der Waals surface area contributed by atoms with Crippen molar-refractivity contribution in [2.75, 3.05) is 6.61 Å². The van der Waals surface area contributed by atoms with Crippen molar-refractivity contribution < 1.29 is 19.4 Å². The van der Waals surface area contributed by atoms with Gasteiger partial charge in [0, 0.05) is 0 Å². The molecule has 0 fully saturated rings. The number of unbranched alkanes of at least 4 members (excludes halogenated alkanes) is 15. The van der Waals surface area contributed by atoms with Crippen LogP contribution in [-0.4, -0.2) is 23.7 Å². The lowest BCUT2D eigenvalue weighted by atomic mass is 9.74. The van der Waals surface area contributed by atoms with E-state index in [4.69, 9.17) is 4.74 Å². The Labute approximate surface area is 247 Å². The third-order valence-electron chi connectivity index (χ3n) is 8.09. The molecule has 0 spiro atoms. The summed E-state index contributed by atoms with van der Waals surface area (Å²) in [6.45, 7) is 16.7. The summed E-state index contributed by atoms with van der Waals surface area (Å²) in [7, 11) is 0. The molecule has 0 aliphatic heterocycles. The Morgan fingerprint density at radius 3 is 1.35 bits per heavy atom. The standard InChI is InChI=1S/C36H62O4/c1-9-10-11-12-13-14-15-16-17-18-19-20-21-22-23-24-25-40-34(39)28(2)29-26-30(35(3,4)5)32(33(37)38)31(27-29)36(6,7)8/h26-28H,9-25H2,1-8H3,(H,37,38). The summed E-state index contributed by atoms with van der Waals surface area (Å²) >= 11 is 0. The molecule has 0 aromatic heterocycles. The normalized spacial score (nSPS) is 12.9. The summed E-state index contributed by atoms with van der Waals surface area (Å²) in [4.78, 5) is 25.1. The Kier molecular flexibility index (Phi) is 16.8. The fourth-order valence-electron chi connectivity index (χ4n) is 5.41. The highest BCUT2D eigenvalue weighted by Crippen LogP contribution is 2.37. The van der Waals surface area contributed by atoms with Gasteiger partial charge in [0.05, 0.1) is 18.1 Å². The van der Waals surface area contributed by atoms with E-state index in [2.05, 4.69) is 6.92 Å². The number of carboxylic acids is 1. The van der Waals surface area contributed by atoms with Gasteiger partial charge in [0.1, 0.15) is 0 Å². The van der Waals surface area contributed by atoms with Gasteiger partial charge in [0.15, 0.2) is 0 Å². The molecule has 0 saturated carbocycles. The van der Waals surface area contributed by atoms with Crippen LogP contribution in [0.2, 0.25) is 0 Å². The van der Waals surface area contributed by atoms with E-state index in [1.165, 1.54) is 89.9 Å². The monoisotopic (exact) mass is 558 g/mol. The molecule has 4 nitrogen and oxygen atoms in total. The minimum absolute atomic E-state index is 0.233. The summed E-state index contributed by atoms with van der Waals surface area (Å²) < 4.78 is 5.65. The van der Waals surface area contributed by atoms with Crippen LogP contribution >= 0.6 is 0 Å². The first-order chi connectivity index (χ1) is 18.8. The number of hydrogen-bond donors (Lipinski definition) is 1. The minimum atomic E-state index is -0.917. The first kappa shape index (κ1) is 36.2. The van der Waals surface area contributed by atoms with Crippen molar-refractivity contribution in [3.05, 3.63) is 34.4 Å². The smallest absolute Gasteiger partial charge is 0.336 e. The minimum Gasteiger partial charge on any atom is -0.478 e. The average Bonchev–Trinajstić information content (AvgIpc) is 2.88. The van der Waals surface area contributed by atoms with E-state index in [1.54, 1.807) is 0 Å². The molecular weight excluding hydrogens is 496 g/mol. The largest absolute Gasteiger partial charge is 0.478 e. The SMILES string of the molecule is CCCCCCCCCCCCCCCCCCOC(=O)C(C)c1cc(C(C)(C)C)c(C(=O)O)c(C(C)(C)C)c1. The van der Waals surface area contributed by atoms with Crippen molar-refractivity contribution in [2.45, 2.75) is 175 Å². The summed E-state index contributed by atoms with van der Waals surface area (Å²) in [6.07, 6.45) is 21.1. The quantitative estimate of drug-likeness (QED) is 0.128. The summed E-state index contributed by atoms with van der Waals surface area (Å²) in [5, 5.41) is 10.0. The second-order valence-electron chi connectivity index (χ2n) is 14.0. The van der Waals surface area contributed by atoms with Gasteiger partial charge >= 0.3 is 11.9 Å². The predicted octanol–water partition coefficient (Wildman–Crippen LogP) is 10.9. The fraction of sp³-hybridized carbons (Fsp3) is 0.778. The van der Waals surface area contributed by atoms with Gasteiger partial charge in [0.25, 0.3) is 0 Å². The molecule has 1 N–H and O–H groups in total. The van der Waals surface area contributed by atoms with Crippen LogP contribution in [0.3, 0.4) is 0 Å². The van der Waals surface area contributed by atoms with Gasteiger partial charge in [0.2, 0.25) is 0 Å². The molecule has 230 valence electrons. The maximum Gasteiger partial charge on any atom is 0.336 e. The van der Waals surface area contributed by atoms with Gasteiger partial charge in [-0.25, -0.2) is 4.79 Å². The molecule has 0 amide bonds. The number of ether oxygens (including phenoxy) is 1. The van der Waals surface area contributed by atoms with Gasteiger partial charge in [-0.05, 0) is 40.9 Å². The highest BCUT2D eigenvalue weighted by atomic mass is 16.5. The van der Waals surface area contributed by atoms with Gasteiger partial charge in [-0.1, -0.05) is 157 Å². The van der Waals surface area contributed by atoms with Crippen molar-refractivity contribution >= 4 is 11.9 Å². The summed E-state index contributed by atoms with van der Waals surface area (Å²) in [5.41, 5.74) is 2.00. The maximum atomic E-state index is 12.9. The van der Waals surface area contributed by atoms with E-state index in [1.807, 2.05) is 60.6 Å². The third kappa shape index (κ3) is 13.7. The van der Waals surface area contributed by atoms with Crippen LogP contribution in [0.5, 0.6) is 0 Å². The summed E-state index contributed by atoms with van der Waals surface area (Å²) in [6, 6.07) is 3.80. The lowest BCUT2D eigenvalue weighted by molar-refractivity contribution is -0.145. The van der Waals surface area contributed by atoms with Crippen LogP contribution in [-0.2, 0) is 20.4 Å². The first-order valence-electron chi connectivity index (χ1n) is 16.4. The van der Waals surface area contributed by atoms with Crippen LogP contribution in [0, 0.1) is 0 Å². The van der Waals surface area contributed by atoms with E-state index >= 15 is 0 Å². The van der Waals surface area contributed by atoms with Crippen molar-refractivity contribution in [1.29, 1.82) is 0 Å². The molecule has 0 heterocycles. The molecule has 0 bridgehead atoms. The second-order valence-corrected chi connectivity index (χ2v) is 14.0. The lowest BCUT2D eigenvalue weighted by Crippen LogP contribution is -2.25. The molecule has 0 saturated heterocycles. The molecule has 0 aliphatic rings. The number of carboxylic acid groups (broad SMARTS) is 1. The zero-order valence-corrected chi connectivity index (χ0v) is 27.4. The number of esters is 1. The van der Waals surface area contributed by atoms with Crippen LogP contribution < -0.4 is 0 Å². The zero-order chi connectivity index (χ0) is 30.2. The van der Waals surface area contributed by atoms with Gasteiger partial charge in [-0.15, -0.1) is 0 Å². The highest BCUT2D eigenvalue weighted by Gasteiger charge is 2.31. The van der Waals surface area contributed by atoms with Crippen molar-refractivity contribution in [1.82, 2.24) is 0 Å². The first-order valence-corrected chi connectivity index (χ1v) is 16.4. The van der Waals surface area contributed by atoms with Crippen molar-refractivity contribution in [3.8, 4) is 0 Å². The Morgan fingerprint density at radius 2 is 1.02 bits per heavy atom. The number of hydrogen-bond acceptors (Lipinski definition) is 3. The van der Waals surface area contributed by atoms with E-state index < -0.39 is 11.9 Å². The fourth-order valence-corrected chi connectivity index (χ4v) is 5.41. The highest BCUT2D eigenvalue weighted by molar-refractivity contribution is 5.92. The van der Waals surface area contributed by atoms with E-state index in [-0.39, 0.29) is 16.8 Å². The molecule has 0 radical (unpaired) electrons. The molecule has 4 heteroatoms. The number of aromatic carboxylic acids is 1. The Hall–Kier alpha value is -1.84. The number of carbonyl (C=O) groups is 2. The molecule has 1 aromatic carbocycles. The molecule has 1 rings (SSSR count). The van der Waals surface area contributed by atoms with Gasteiger partial charge in [-0.3, -0.25) is 4.79 Å². The number of benzene rings is 1. The van der Waals surface area contributed by atoms with Crippen LogP contribution in [0.15, 0.2) is 12.1 Å². The van der Waals surface area contributed by atoms with E-state index in [0.717, 1.165) is 29.5 Å². The van der Waals surface area contributed by atoms with Gasteiger partial charge in [-0.2, -0.15) is 0 Å². The van der Waals surface area contributed by atoms with Crippen LogP contribution in [0.1, 0.15) is 191 Å². The Bertz CT molecular complexity index is 837. The third-order valence-corrected chi connectivity index (χ3v) is 8.09.